The molecule has 2 aromatic carbocycles. The van der Waals surface area contributed by atoms with Crippen molar-refractivity contribution in [2.24, 2.45) is 34.5 Å². The average molecular weight is 430 g/mol. The Hall–Kier alpha value is -1.34. The second-order valence-electron chi connectivity index (χ2n) is 12.8. The fraction of sp³-hybridized carbons (Fsp3) is 0.677. The quantitative estimate of drug-likeness (QED) is 0.469. The van der Waals surface area contributed by atoms with Crippen molar-refractivity contribution in [1.29, 1.82) is 0 Å². The van der Waals surface area contributed by atoms with Crippen molar-refractivity contribution >= 4 is 10.8 Å². The van der Waals surface area contributed by atoms with Crippen LogP contribution in [0.15, 0.2) is 42.5 Å². The highest BCUT2D eigenvalue weighted by Gasteiger charge is 2.60. The van der Waals surface area contributed by atoms with Crippen molar-refractivity contribution in [3.8, 4) is 0 Å². The molecule has 4 aliphatic rings. The maximum atomic E-state index is 2.72. The van der Waals surface area contributed by atoms with Gasteiger partial charge < -0.3 is 4.90 Å². The van der Waals surface area contributed by atoms with E-state index in [0.717, 1.165) is 35.6 Å². The summed E-state index contributed by atoms with van der Waals surface area (Å²) in [4.78, 5) is 2.51. The Morgan fingerprint density at radius 2 is 1.50 bits per heavy atom. The number of nitrogens with zero attached hydrogens (tertiary/aromatic N) is 1. The van der Waals surface area contributed by atoms with Gasteiger partial charge in [0.1, 0.15) is 0 Å². The molecule has 6 rings (SSSR count). The van der Waals surface area contributed by atoms with Gasteiger partial charge in [-0.3, -0.25) is 0 Å². The summed E-state index contributed by atoms with van der Waals surface area (Å²) in [5, 5.41) is 2.82. The Labute approximate surface area is 196 Å². The van der Waals surface area contributed by atoms with E-state index in [4.69, 9.17) is 0 Å². The summed E-state index contributed by atoms with van der Waals surface area (Å²) < 4.78 is 0. The number of fused-ring (bicyclic) bond motifs is 6. The Morgan fingerprint density at radius 1 is 0.750 bits per heavy atom. The molecule has 4 aliphatic carbocycles. The van der Waals surface area contributed by atoms with Gasteiger partial charge in [-0.1, -0.05) is 56.3 Å². The fourth-order valence-electron chi connectivity index (χ4n) is 9.68. The number of hydrogen-bond acceptors (Lipinski definition) is 1. The van der Waals surface area contributed by atoms with E-state index in [1.807, 2.05) is 0 Å². The average Bonchev–Trinajstić information content (AvgIpc) is 3.15. The third-order valence-electron chi connectivity index (χ3n) is 11.5. The summed E-state index contributed by atoms with van der Waals surface area (Å²) in [7, 11) is 4.60. The van der Waals surface area contributed by atoms with E-state index in [9.17, 15) is 0 Å². The molecule has 0 aliphatic heterocycles. The van der Waals surface area contributed by atoms with Crippen molar-refractivity contribution in [2.45, 2.75) is 83.6 Å². The molecule has 4 saturated carbocycles. The lowest BCUT2D eigenvalue weighted by Crippen LogP contribution is -2.54. The SMILES string of the molecule is CN(C)[C@@H]1CC[C@@]2(C)[C@@H](CC[C@@H]3[C@@H]2CC[C@]2(C)C(c4ccc5ccccc5c4)CC[C@@H]32)C1. The van der Waals surface area contributed by atoms with Crippen LogP contribution in [0.4, 0.5) is 0 Å². The van der Waals surface area contributed by atoms with Crippen molar-refractivity contribution in [2.75, 3.05) is 14.1 Å². The summed E-state index contributed by atoms with van der Waals surface area (Å²) in [5.41, 5.74) is 2.74. The van der Waals surface area contributed by atoms with Crippen molar-refractivity contribution in [3.63, 3.8) is 0 Å². The standard InChI is InChI=1S/C31H43N/c1-30-17-15-25(32(3)4)20-24(30)11-12-26-28-14-13-27(31(28,2)18-16-29(26)30)23-10-9-21-7-5-6-8-22(21)19-23/h5-10,19,24-29H,11-18,20H2,1-4H3/t24-,25+,26-,27?,28-,29-,30-,31+/m0/s1. The van der Waals surface area contributed by atoms with Gasteiger partial charge in [-0.2, -0.15) is 0 Å². The Bertz CT molecular complexity index is 993. The lowest BCUT2D eigenvalue weighted by atomic mass is 9.44. The molecule has 4 fully saturated rings. The Morgan fingerprint density at radius 3 is 2.31 bits per heavy atom. The molecule has 0 saturated heterocycles. The van der Waals surface area contributed by atoms with Crippen LogP contribution in [0, 0.1) is 34.5 Å². The van der Waals surface area contributed by atoms with Crippen LogP contribution < -0.4 is 0 Å². The smallest absolute Gasteiger partial charge is 0.00922 e. The van der Waals surface area contributed by atoms with Crippen LogP contribution in [-0.2, 0) is 0 Å². The van der Waals surface area contributed by atoms with Crippen LogP contribution in [0.3, 0.4) is 0 Å². The largest absolute Gasteiger partial charge is 0.306 e. The maximum Gasteiger partial charge on any atom is 0.00922 e. The Kier molecular flexibility index (Phi) is 5.03. The molecule has 32 heavy (non-hydrogen) atoms. The lowest BCUT2D eigenvalue weighted by Gasteiger charge is -2.61. The number of benzene rings is 2. The van der Waals surface area contributed by atoms with Gasteiger partial charge in [-0.15, -0.1) is 0 Å². The van der Waals surface area contributed by atoms with Crippen LogP contribution >= 0.6 is 0 Å². The second kappa shape index (κ2) is 7.59. The third kappa shape index (κ3) is 3.06. The topological polar surface area (TPSA) is 3.24 Å². The molecule has 1 unspecified atom stereocenters. The fourth-order valence-corrected chi connectivity index (χ4v) is 9.68. The molecule has 0 heterocycles. The molecule has 1 nitrogen and oxygen atoms in total. The van der Waals surface area contributed by atoms with E-state index in [-0.39, 0.29) is 0 Å². The minimum atomic E-state index is 0.508. The van der Waals surface area contributed by atoms with Gasteiger partial charge in [0.25, 0.3) is 0 Å². The van der Waals surface area contributed by atoms with Crippen LogP contribution in [0.25, 0.3) is 10.8 Å². The zero-order valence-corrected chi connectivity index (χ0v) is 20.8. The van der Waals surface area contributed by atoms with E-state index in [1.54, 1.807) is 5.56 Å². The zero-order valence-electron chi connectivity index (χ0n) is 20.8. The van der Waals surface area contributed by atoms with E-state index in [2.05, 4.69) is 75.3 Å². The predicted octanol–water partition coefficient (Wildman–Crippen LogP) is 7.90. The van der Waals surface area contributed by atoms with E-state index in [0.29, 0.717) is 10.8 Å². The van der Waals surface area contributed by atoms with Gasteiger partial charge in [-0.25, -0.2) is 0 Å². The number of rotatable bonds is 2. The second-order valence-corrected chi connectivity index (χ2v) is 12.8. The molecule has 0 spiro atoms. The van der Waals surface area contributed by atoms with Crippen LogP contribution in [0.2, 0.25) is 0 Å². The van der Waals surface area contributed by atoms with Crippen LogP contribution in [0.5, 0.6) is 0 Å². The first kappa shape index (κ1) is 21.2. The predicted molar refractivity (Wildman–Crippen MR) is 136 cm³/mol. The molecule has 0 N–H and O–H groups in total. The number of hydrogen-bond donors (Lipinski definition) is 0. The third-order valence-corrected chi connectivity index (χ3v) is 11.5. The lowest BCUT2D eigenvalue weighted by molar-refractivity contribution is -0.115. The molecule has 0 amide bonds. The minimum Gasteiger partial charge on any atom is -0.306 e. The van der Waals surface area contributed by atoms with Crippen molar-refractivity contribution < 1.29 is 0 Å². The first-order valence-electron chi connectivity index (χ1n) is 13.6. The van der Waals surface area contributed by atoms with Crippen molar-refractivity contribution in [1.82, 2.24) is 4.90 Å². The normalized spacial score (nSPS) is 43.7. The highest BCUT2D eigenvalue weighted by Crippen LogP contribution is 2.69. The summed E-state index contributed by atoms with van der Waals surface area (Å²) in [6.45, 7) is 5.41. The van der Waals surface area contributed by atoms with Crippen LogP contribution in [0.1, 0.15) is 83.1 Å². The maximum absolute atomic E-state index is 2.72. The highest BCUT2D eigenvalue weighted by molar-refractivity contribution is 5.83. The molecular formula is C31H43N. The van der Waals surface area contributed by atoms with Gasteiger partial charge >= 0.3 is 0 Å². The first-order chi connectivity index (χ1) is 15.4. The van der Waals surface area contributed by atoms with Gasteiger partial charge in [0.05, 0.1) is 0 Å². The van der Waals surface area contributed by atoms with E-state index in [1.165, 1.54) is 68.6 Å². The molecule has 0 bridgehead atoms. The van der Waals surface area contributed by atoms with Gasteiger partial charge in [0, 0.05) is 6.04 Å². The monoisotopic (exact) mass is 429 g/mol. The highest BCUT2D eigenvalue weighted by atomic mass is 15.1. The van der Waals surface area contributed by atoms with E-state index >= 15 is 0 Å². The Balaban J connectivity index is 1.27. The molecule has 1 heteroatoms. The molecule has 0 aromatic heterocycles. The molecule has 172 valence electrons. The summed E-state index contributed by atoms with van der Waals surface area (Å²) in [6, 6.07) is 17.1. The first-order valence-corrected chi connectivity index (χ1v) is 13.6. The van der Waals surface area contributed by atoms with Gasteiger partial charge in [0.15, 0.2) is 0 Å². The van der Waals surface area contributed by atoms with E-state index < -0.39 is 0 Å². The summed E-state index contributed by atoms with van der Waals surface area (Å²) in [5.74, 6) is 4.64. The van der Waals surface area contributed by atoms with Gasteiger partial charge in [-0.05, 0) is 129 Å². The zero-order chi connectivity index (χ0) is 22.1. The van der Waals surface area contributed by atoms with Gasteiger partial charge in [0.2, 0.25) is 0 Å². The van der Waals surface area contributed by atoms with Crippen LogP contribution in [-0.4, -0.2) is 25.0 Å². The summed E-state index contributed by atoms with van der Waals surface area (Å²) >= 11 is 0. The molecule has 0 radical (unpaired) electrons. The minimum absolute atomic E-state index is 0.508. The molecule has 8 atom stereocenters. The summed E-state index contributed by atoms with van der Waals surface area (Å²) in [6.07, 6.45) is 13.2. The van der Waals surface area contributed by atoms with Crippen molar-refractivity contribution in [3.05, 3.63) is 48.0 Å². The molecular weight excluding hydrogens is 386 g/mol. The molecule has 2 aromatic rings.